The Balaban J connectivity index is 1.09. The number of anilines is 1. The van der Waals surface area contributed by atoms with Crippen LogP contribution in [0.1, 0.15) is 66.3 Å². The van der Waals surface area contributed by atoms with Crippen molar-refractivity contribution < 1.29 is 23.6 Å². The number of carboxylic acids is 1. The molecule has 1 saturated heterocycles. The van der Waals surface area contributed by atoms with Crippen molar-refractivity contribution in [3.8, 4) is 17.0 Å². The van der Waals surface area contributed by atoms with Gasteiger partial charge in [-0.15, -0.1) is 0 Å². The van der Waals surface area contributed by atoms with E-state index in [4.69, 9.17) is 32.5 Å². The molecule has 0 atom stereocenters. The minimum atomic E-state index is -1.13. The van der Waals surface area contributed by atoms with Crippen molar-refractivity contribution in [2.75, 3.05) is 18.0 Å². The topological polar surface area (TPSA) is 102 Å². The number of nitrogens with zero attached hydrogens (tertiary/aromatic N) is 4. The van der Waals surface area contributed by atoms with Crippen molar-refractivity contribution in [3.05, 3.63) is 69.8 Å². The maximum Gasteiger partial charge on any atom is 0.354 e. The fourth-order valence-corrected chi connectivity index (χ4v) is 6.42. The van der Waals surface area contributed by atoms with Gasteiger partial charge in [-0.2, -0.15) is 0 Å². The molecule has 0 unspecified atom stereocenters. The highest BCUT2D eigenvalue weighted by atomic mass is 35.5. The van der Waals surface area contributed by atoms with Crippen LogP contribution in [-0.4, -0.2) is 51.6 Å². The summed E-state index contributed by atoms with van der Waals surface area (Å²) in [6, 6.07) is 7.24. The average molecular weight is 624 g/mol. The average Bonchev–Trinajstić information content (AvgIpc) is 3.75. The molecule has 3 aromatic heterocycles. The Kier molecular flexibility index (Phi) is 7.47. The molecular formula is C32H29Cl2FN4O4. The minimum Gasteiger partial charge on any atom is -0.489 e. The number of rotatable bonds is 8. The molecule has 8 nitrogen and oxygen atoms in total. The van der Waals surface area contributed by atoms with Gasteiger partial charge < -0.3 is 19.3 Å². The van der Waals surface area contributed by atoms with E-state index >= 15 is 0 Å². The van der Waals surface area contributed by atoms with E-state index in [1.165, 1.54) is 6.07 Å². The number of carboxylic acid groups (broad SMARTS) is 1. The fraction of sp³-hybridized carbons (Fsp3) is 0.375. The Hall–Kier alpha value is -3.69. The predicted octanol–water partition coefficient (Wildman–Crippen LogP) is 7.98. The summed E-state index contributed by atoms with van der Waals surface area (Å²) in [7, 11) is 0. The van der Waals surface area contributed by atoms with Crippen LogP contribution in [0.3, 0.4) is 0 Å². The van der Waals surface area contributed by atoms with E-state index in [-0.39, 0.29) is 11.8 Å². The summed E-state index contributed by atoms with van der Waals surface area (Å²) in [6.07, 6.45) is 11.0. The Labute approximate surface area is 257 Å². The lowest BCUT2D eigenvalue weighted by Gasteiger charge is -2.33. The third-order valence-corrected chi connectivity index (χ3v) is 9.11. The zero-order chi connectivity index (χ0) is 29.7. The number of carbonyl (C=O) groups is 1. The largest absolute Gasteiger partial charge is 0.489 e. The summed E-state index contributed by atoms with van der Waals surface area (Å²) in [5, 5.41) is 15.5. The normalized spacial score (nSPS) is 21.0. The Morgan fingerprint density at radius 3 is 2.51 bits per heavy atom. The van der Waals surface area contributed by atoms with E-state index in [1.807, 2.05) is 18.2 Å². The van der Waals surface area contributed by atoms with Gasteiger partial charge in [0.2, 0.25) is 0 Å². The zero-order valence-corrected chi connectivity index (χ0v) is 24.7. The zero-order valence-electron chi connectivity index (χ0n) is 23.2. The first-order valence-electron chi connectivity index (χ1n) is 14.5. The molecule has 3 fully saturated rings. The quantitative estimate of drug-likeness (QED) is 0.211. The molecule has 7 rings (SSSR count). The van der Waals surface area contributed by atoms with Crippen LogP contribution >= 0.6 is 23.2 Å². The van der Waals surface area contributed by atoms with Gasteiger partial charge >= 0.3 is 5.97 Å². The third kappa shape index (κ3) is 5.68. The van der Waals surface area contributed by atoms with Crippen molar-refractivity contribution in [1.82, 2.24) is 15.1 Å². The fourth-order valence-electron chi connectivity index (χ4n) is 5.88. The molecule has 1 aliphatic heterocycles. The summed E-state index contributed by atoms with van der Waals surface area (Å²) in [6.45, 7) is 1.69. The van der Waals surface area contributed by atoms with Crippen LogP contribution in [0.4, 0.5) is 10.1 Å². The lowest BCUT2D eigenvalue weighted by molar-refractivity contribution is 0.0417. The van der Waals surface area contributed by atoms with Gasteiger partial charge in [0.1, 0.15) is 29.5 Å². The molecule has 2 saturated carbocycles. The summed E-state index contributed by atoms with van der Waals surface area (Å²) < 4.78 is 25.3. The van der Waals surface area contributed by atoms with E-state index in [0.29, 0.717) is 57.2 Å². The first kappa shape index (κ1) is 28.1. The summed E-state index contributed by atoms with van der Waals surface area (Å²) in [5.41, 5.74) is 3.67. The molecule has 0 bridgehead atoms. The third-order valence-electron chi connectivity index (χ3n) is 8.54. The maximum atomic E-state index is 13.4. The number of benzene rings is 1. The van der Waals surface area contributed by atoms with Crippen LogP contribution in [0, 0.1) is 5.92 Å². The van der Waals surface area contributed by atoms with Crippen molar-refractivity contribution in [2.45, 2.75) is 56.7 Å². The van der Waals surface area contributed by atoms with Crippen molar-refractivity contribution in [2.24, 2.45) is 5.92 Å². The maximum absolute atomic E-state index is 13.4. The Bertz CT molecular complexity index is 1710. The number of pyridine rings is 2. The molecule has 1 N–H and O–H groups in total. The molecule has 2 aliphatic carbocycles. The van der Waals surface area contributed by atoms with Crippen molar-refractivity contribution >= 4 is 51.8 Å². The first-order chi connectivity index (χ1) is 20.8. The molecule has 4 heterocycles. The summed E-state index contributed by atoms with van der Waals surface area (Å²) in [4.78, 5) is 22.3. The van der Waals surface area contributed by atoms with Crippen LogP contribution < -0.4 is 9.64 Å². The Morgan fingerprint density at radius 1 is 1.09 bits per heavy atom. The second kappa shape index (κ2) is 11.4. The number of hydrogen-bond donors (Lipinski definition) is 1. The molecule has 1 aromatic carbocycles. The second-order valence-electron chi connectivity index (χ2n) is 11.6. The highest BCUT2D eigenvalue weighted by molar-refractivity contribution is 6.39. The van der Waals surface area contributed by atoms with Crippen molar-refractivity contribution in [3.63, 3.8) is 0 Å². The number of halogens is 3. The second-order valence-corrected chi connectivity index (χ2v) is 12.4. The monoisotopic (exact) mass is 622 g/mol. The number of fused-ring (bicyclic) bond motifs is 1. The minimum absolute atomic E-state index is 0.0896. The molecule has 43 heavy (non-hydrogen) atoms. The predicted molar refractivity (Wildman–Crippen MR) is 163 cm³/mol. The number of hydrogen-bond acceptors (Lipinski definition) is 7. The van der Waals surface area contributed by atoms with Gasteiger partial charge in [-0.05, 0) is 49.8 Å². The van der Waals surface area contributed by atoms with Gasteiger partial charge in [0.05, 0.1) is 15.6 Å². The van der Waals surface area contributed by atoms with Crippen LogP contribution in [0.25, 0.3) is 28.2 Å². The molecule has 222 valence electrons. The number of aromatic nitrogens is 3. The first-order valence-corrected chi connectivity index (χ1v) is 15.3. The van der Waals surface area contributed by atoms with Gasteiger partial charge in [0.25, 0.3) is 0 Å². The molecular weight excluding hydrogens is 594 g/mol. The van der Waals surface area contributed by atoms with E-state index in [0.717, 1.165) is 61.2 Å². The molecule has 3 aliphatic rings. The Morgan fingerprint density at radius 2 is 1.84 bits per heavy atom. The highest BCUT2D eigenvalue weighted by Crippen LogP contribution is 2.46. The van der Waals surface area contributed by atoms with Crippen LogP contribution in [-0.2, 0) is 0 Å². The van der Waals surface area contributed by atoms with Gasteiger partial charge in [0, 0.05) is 72.5 Å². The van der Waals surface area contributed by atoms with Crippen molar-refractivity contribution in [1.29, 1.82) is 0 Å². The molecule has 0 amide bonds. The van der Waals surface area contributed by atoms with Crippen LogP contribution in [0.5, 0.6) is 5.75 Å². The van der Waals surface area contributed by atoms with Crippen LogP contribution in [0.2, 0.25) is 10.0 Å². The van der Waals surface area contributed by atoms with E-state index in [1.54, 1.807) is 12.4 Å². The van der Waals surface area contributed by atoms with Gasteiger partial charge in [0.15, 0.2) is 5.69 Å². The molecule has 0 spiro atoms. The van der Waals surface area contributed by atoms with E-state index < -0.39 is 12.1 Å². The number of ether oxygens (including phenoxy) is 1. The molecule has 0 radical (unpaired) electrons. The molecule has 4 aromatic rings. The van der Waals surface area contributed by atoms with E-state index in [9.17, 15) is 14.3 Å². The smallest absolute Gasteiger partial charge is 0.354 e. The number of aromatic carboxylic acids is 1. The SMILES string of the molecule is O=C(O)c1cc(O[C@H]2C[C@H](F)C2)c2cc(N3CCC(/C=C/c4c(-c5c(Cl)cncc5Cl)noc4C4CC4)CC3)ccc2n1. The van der Waals surface area contributed by atoms with E-state index in [2.05, 4.69) is 32.2 Å². The highest BCUT2D eigenvalue weighted by Gasteiger charge is 2.33. The number of alkyl halides is 1. The standard InChI is InChI=1S/C32H29Cl2FN4O4/c33-24-15-36-16-25(34)29(24)30-22(31(43-38-30)18-2-3-18)5-1-17-7-9-39(10-8-17)20-4-6-26-23(13-20)28(14-27(37-26)32(40)41)42-21-11-19(35)12-21/h1,4-6,13-19,21H,2-3,7-12H2,(H,40,41)/b5-1+/t19-,21-. The van der Waals surface area contributed by atoms with Gasteiger partial charge in [-0.3, -0.25) is 4.98 Å². The van der Waals surface area contributed by atoms with Gasteiger partial charge in [-0.25, -0.2) is 14.2 Å². The lowest BCUT2D eigenvalue weighted by Crippen LogP contribution is -2.35. The summed E-state index contributed by atoms with van der Waals surface area (Å²) in [5.74, 6) is 0.917. The number of allylic oxidation sites excluding steroid dienone is 1. The van der Waals surface area contributed by atoms with Crippen LogP contribution in [0.15, 0.2) is 47.3 Å². The lowest BCUT2D eigenvalue weighted by atomic mass is 9.93. The summed E-state index contributed by atoms with van der Waals surface area (Å²) >= 11 is 12.9. The number of piperidine rings is 1. The van der Waals surface area contributed by atoms with Gasteiger partial charge in [-0.1, -0.05) is 40.5 Å². The molecule has 11 heteroatoms.